The lowest BCUT2D eigenvalue weighted by Gasteiger charge is -2.20. The molecule has 0 radical (unpaired) electrons. The van der Waals surface area contributed by atoms with Crippen molar-refractivity contribution in [3.8, 4) is 0 Å². The zero-order valence-corrected chi connectivity index (χ0v) is 10.6. The number of allylic oxidation sites excluding steroid dienone is 4. The molecule has 0 N–H and O–H groups in total. The highest BCUT2D eigenvalue weighted by molar-refractivity contribution is 5.29. The summed E-state index contributed by atoms with van der Waals surface area (Å²) in [5, 5.41) is 0. The summed E-state index contributed by atoms with van der Waals surface area (Å²) >= 11 is 0. The van der Waals surface area contributed by atoms with E-state index in [1.54, 1.807) is 5.57 Å². The minimum Gasteiger partial charge on any atom is -0.0859 e. The van der Waals surface area contributed by atoms with Crippen molar-refractivity contribution in [2.45, 2.75) is 53.4 Å². The lowest BCUT2D eigenvalue weighted by Crippen LogP contribution is -2.12. The van der Waals surface area contributed by atoms with Crippen molar-refractivity contribution in [3.05, 3.63) is 23.3 Å². The normalized spacial score (nSPS) is 34.4. The van der Waals surface area contributed by atoms with Crippen LogP contribution in [0.15, 0.2) is 23.3 Å². The highest BCUT2D eigenvalue weighted by atomic mass is 14.6. The monoisotopic (exact) mass is 204 g/mol. The Bertz CT molecular complexity index is 304. The molecular formula is C15H24. The van der Waals surface area contributed by atoms with Gasteiger partial charge in [0.05, 0.1) is 0 Å². The minimum absolute atomic E-state index is 0.708. The summed E-state index contributed by atoms with van der Waals surface area (Å²) < 4.78 is 0. The SMILES string of the molecule is CC(C)=CCC[C@H](C)[C@@]12CC=C(C)[C@H]1C2. The van der Waals surface area contributed by atoms with Gasteiger partial charge in [-0.05, 0) is 63.7 Å². The highest BCUT2D eigenvalue weighted by Gasteiger charge is 2.59. The number of rotatable bonds is 4. The molecule has 0 aromatic rings. The maximum Gasteiger partial charge on any atom is -0.0138 e. The largest absolute Gasteiger partial charge is 0.0859 e. The molecule has 1 saturated carbocycles. The van der Waals surface area contributed by atoms with E-state index in [2.05, 4.69) is 39.8 Å². The van der Waals surface area contributed by atoms with Crippen LogP contribution in [0.4, 0.5) is 0 Å². The van der Waals surface area contributed by atoms with Crippen LogP contribution >= 0.6 is 0 Å². The zero-order valence-electron chi connectivity index (χ0n) is 10.6. The number of hydrogen-bond donors (Lipinski definition) is 0. The van der Waals surface area contributed by atoms with Crippen molar-refractivity contribution in [2.24, 2.45) is 17.3 Å². The van der Waals surface area contributed by atoms with Crippen LogP contribution in [0.3, 0.4) is 0 Å². The highest BCUT2D eigenvalue weighted by Crippen LogP contribution is 2.67. The Morgan fingerprint density at radius 1 is 1.60 bits per heavy atom. The van der Waals surface area contributed by atoms with E-state index in [0.29, 0.717) is 5.41 Å². The van der Waals surface area contributed by atoms with Gasteiger partial charge in [-0.1, -0.05) is 30.2 Å². The Balaban J connectivity index is 1.84. The first-order valence-corrected chi connectivity index (χ1v) is 6.36. The maximum absolute atomic E-state index is 2.48. The quantitative estimate of drug-likeness (QED) is 0.581. The summed E-state index contributed by atoms with van der Waals surface area (Å²) in [4.78, 5) is 0. The molecule has 0 aliphatic heterocycles. The predicted octanol–water partition coefficient (Wildman–Crippen LogP) is 4.73. The van der Waals surface area contributed by atoms with Gasteiger partial charge in [-0.2, -0.15) is 0 Å². The second-order valence-electron chi connectivity index (χ2n) is 5.90. The average Bonchev–Trinajstić information content (AvgIpc) is 2.82. The third kappa shape index (κ3) is 1.91. The molecular weight excluding hydrogens is 180 g/mol. The van der Waals surface area contributed by atoms with Gasteiger partial charge in [-0.25, -0.2) is 0 Å². The van der Waals surface area contributed by atoms with Crippen molar-refractivity contribution in [1.82, 2.24) is 0 Å². The van der Waals surface area contributed by atoms with Gasteiger partial charge in [-0.15, -0.1) is 0 Å². The Kier molecular flexibility index (Phi) is 2.79. The van der Waals surface area contributed by atoms with Gasteiger partial charge in [0, 0.05) is 0 Å². The van der Waals surface area contributed by atoms with Gasteiger partial charge >= 0.3 is 0 Å². The third-order valence-corrected chi connectivity index (χ3v) is 4.61. The van der Waals surface area contributed by atoms with Crippen LogP contribution in [0.2, 0.25) is 0 Å². The lowest BCUT2D eigenvalue weighted by molar-refractivity contribution is 0.309. The molecule has 0 saturated heterocycles. The Morgan fingerprint density at radius 3 is 2.80 bits per heavy atom. The first-order valence-electron chi connectivity index (χ1n) is 6.36. The zero-order chi connectivity index (χ0) is 11.1. The summed E-state index contributed by atoms with van der Waals surface area (Å²) in [6.07, 6.45) is 10.4. The molecule has 0 heterocycles. The van der Waals surface area contributed by atoms with Crippen molar-refractivity contribution < 1.29 is 0 Å². The molecule has 0 heteroatoms. The molecule has 2 aliphatic carbocycles. The van der Waals surface area contributed by atoms with Crippen molar-refractivity contribution in [2.75, 3.05) is 0 Å². The molecule has 0 bridgehead atoms. The molecule has 1 fully saturated rings. The number of hydrogen-bond acceptors (Lipinski definition) is 0. The van der Waals surface area contributed by atoms with E-state index in [-0.39, 0.29) is 0 Å². The van der Waals surface area contributed by atoms with E-state index in [4.69, 9.17) is 0 Å². The summed E-state index contributed by atoms with van der Waals surface area (Å²) in [6.45, 7) is 9.18. The first-order chi connectivity index (χ1) is 7.06. The lowest BCUT2D eigenvalue weighted by atomic mass is 9.84. The van der Waals surface area contributed by atoms with Crippen LogP contribution in [0.5, 0.6) is 0 Å². The van der Waals surface area contributed by atoms with E-state index >= 15 is 0 Å². The molecule has 0 unspecified atom stereocenters. The summed E-state index contributed by atoms with van der Waals surface area (Å²) in [7, 11) is 0. The fourth-order valence-electron chi connectivity index (χ4n) is 3.31. The molecule has 0 nitrogen and oxygen atoms in total. The second kappa shape index (κ2) is 3.81. The van der Waals surface area contributed by atoms with Crippen LogP contribution in [0.1, 0.15) is 53.4 Å². The van der Waals surface area contributed by atoms with Gasteiger partial charge in [0.1, 0.15) is 0 Å². The Labute approximate surface area is 94.5 Å². The molecule has 2 aliphatic rings. The van der Waals surface area contributed by atoms with Crippen molar-refractivity contribution in [3.63, 3.8) is 0 Å². The van der Waals surface area contributed by atoms with Crippen LogP contribution in [0, 0.1) is 17.3 Å². The Hall–Kier alpha value is -0.520. The molecule has 0 aromatic carbocycles. The standard InChI is InChI=1S/C15H24/c1-11(2)6-5-7-13(4)15-9-8-12(3)14(15)10-15/h6,8,13-14H,5,7,9-10H2,1-4H3/t13-,14+,15-/m0/s1. The topological polar surface area (TPSA) is 0 Å². The van der Waals surface area contributed by atoms with Gasteiger partial charge in [0.15, 0.2) is 0 Å². The van der Waals surface area contributed by atoms with E-state index < -0.39 is 0 Å². The first kappa shape index (κ1) is 11.0. The van der Waals surface area contributed by atoms with E-state index in [1.807, 2.05) is 0 Å². The molecule has 2 rings (SSSR count). The van der Waals surface area contributed by atoms with Crippen LogP contribution in [-0.2, 0) is 0 Å². The predicted molar refractivity (Wildman–Crippen MR) is 66.7 cm³/mol. The summed E-state index contributed by atoms with van der Waals surface area (Å²) in [6, 6.07) is 0. The molecule has 3 atom stereocenters. The summed E-state index contributed by atoms with van der Waals surface area (Å²) in [5.41, 5.74) is 3.84. The molecule has 15 heavy (non-hydrogen) atoms. The fourth-order valence-corrected chi connectivity index (χ4v) is 3.31. The van der Waals surface area contributed by atoms with Gasteiger partial charge in [0.2, 0.25) is 0 Å². The molecule has 0 spiro atoms. The van der Waals surface area contributed by atoms with Crippen LogP contribution in [0.25, 0.3) is 0 Å². The average molecular weight is 204 g/mol. The third-order valence-electron chi connectivity index (χ3n) is 4.61. The molecule has 0 amide bonds. The molecule has 84 valence electrons. The number of fused-ring (bicyclic) bond motifs is 1. The molecule has 0 aromatic heterocycles. The summed E-state index contributed by atoms with van der Waals surface area (Å²) in [5.74, 6) is 1.87. The van der Waals surface area contributed by atoms with Gasteiger partial charge in [-0.3, -0.25) is 0 Å². The minimum atomic E-state index is 0.708. The van der Waals surface area contributed by atoms with Crippen molar-refractivity contribution >= 4 is 0 Å². The van der Waals surface area contributed by atoms with Crippen LogP contribution in [-0.4, -0.2) is 0 Å². The maximum atomic E-state index is 2.48. The van der Waals surface area contributed by atoms with Crippen molar-refractivity contribution in [1.29, 1.82) is 0 Å². The van der Waals surface area contributed by atoms with Gasteiger partial charge in [0.25, 0.3) is 0 Å². The van der Waals surface area contributed by atoms with Crippen LogP contribution < -0.4 is 0 Å². The smallest absolute Gasteiger partial charge is 0.0138 e. The van der Waals surface area contributed by atoms with Gasteiger partial charge < -0.3 is 0 Å². The van der Waals surface area contributed by atoms with E-state index in [9.17, 15) is 0 Å². The fraction of sp³-hybridized carbons (Fsp3) is 0.733. The van der Waals surface area contributed by atoms with E-state index in [1.165, 1.54) is 31.3 Å². The Morgan fingerprint density at radius 2 is 2.33 bits per heavy atom. The second-order valence-corrected chi connectivity index (χ2v) is 5.90. The van der Waals surface area contributed by atoms with E-state index in [0.717, 1.165) is 11.8 Å².